The second-order valence-electron chi connectivity index (χ2n) is 5.79. The van der Waals surface area contributed by atoms with E-state index in [4.69, 9.17) is 0 Å². The van der Waals surface area contributed by atoms with E-state index in [0.717, 1.165) is 29.9 Å². The third-order valence-corrected chi connectivity index (χ3v) is 4.37. The lowest BCUT2D eigenvalue weighted by molar-refractivity contribution is 0.220. The minimum Gasteiger partial charge on any atom is -0.384 e. The summed E-state index contributed by atoms with van der Waals surface area (Å²) in [6.45, 7) is 0.951. The van der Waals surface area contributed by atoms with Gasteiger partial charge in [-0.05, 0) is 29.7 Å². The second-order valence-corrected chi connectivity index (χ2v) is 5.79. The molecule has 2 aromatic carbocycles. The molecule has 1 aliphatic rings. The second kappa shape index (κ2) is 5.86. The largest absolute Gasteiger partial charge is 0.384 e. The average molecular weight is 302 g/mol. The number of aromatic nitrogens is 1. The summed E-state index contributed by atoms with van der Waals surface area (Å²) in [5, 5.41) is 10.5. The molecule has 0 bridgehead atoms. The van der Waals surface area contributed by atoms with Crippen LogP contribution in [0.25, 0.3) is 0 Å². The fourth-order valence-corrected chi connectivity index (χ4v) is 3.12. The van der Waals surface area contributed by atoms with Gasteiger partial charge in [0.05, 0.1) is 0 Å². The van der Waals surface area contributed by atoms with Gasteiger partial charge in [0.25, 0.3) is 0 Å². The molecule has 3 heteroatoms. The Kier molecular flexibility index (Phi) is 3.56. The summed E-state index contributed by atoms with van der Waals surface area (Å²) in [6, 6.07) is 22.1. The highest BCUT2D eigenvalue weighted by Gasteiger charge is 2.21. The van der Waals surface area contributed by atoms with E-state index in [-0.39, 0.29) is 0 Å². The Hall–Kier alpha value is -2.65. The van der Waals surface area contributed by atoms with E-state index >= 15 is 0 Å². The predicted molar refractivity (Wildman–Crippen MR) is 91.9 cm³/mol. The fourth-order valence-electron chi connectivity index (χ4n) is 3.12. The maximum atomic E-state index is 10.5. The van der Waals surface area contributed by atoms with Crippen LogP contribution in [0.1, 0.15) is 22.8 Å². The molecule has 0 fully saturated rings. The number of aliphatic hydroxyl groups excluding tert-OH is 1. The molecule has 1 aromatic heterocycles. The van der Waals surface area contributed by atoms with Crippen LogP contribution >= 0.6 is 0 Å². The van der Waals surface area contributed by atoms with Gasteiger partial charge in [-0.3, -0.25) is 0 Å². The van der Waals surface area contributed by atoms with Crippen molar-refractivity contribution in [3.05, 3.63) is 89.6 Å². The van der Waals surface area contributed by atoms with Crippen LogP contribution in [0, 0.1) is 0 Å². The molecular formula is C20H18N2O. The summed E-state index contributed by atoms with van der Waals surface area (Å²) in [7, 11) is 0. The van der Waals surface area contributed by atoms with Gasteiger partial charge in [-0.2, -0.15) is 0 Å². The van der Waals surface area contributed by atoms with Crippen LogP contribution in [0.15, 0.2) is 72.9 Å². The molecule has 2 heterocycles. The number of nitrogens with zero attached hydrogens (tertiary/aromatic N) is 2. The number of rotatable bonds is 3. The number of para-hydroxylation sites is 1. The van der Waals surface area contributed by atoms with Crippen molar-refractivity contribution in [2.45, 2.75) is 12.5 Å². The van der Waals surface area contributed by atoms with Gasteiger partial charge < -0.3 is 10.0 Å². The van der Waals surface area contributed by atoms with Crippen LogP contribution < -0.4 is 4.90 Å². The lowest BCUT2D eigenvalue weighted by atomic mass is 10.0. The number of hydrogen-bond acceptors (Lipinski definition) is 3. The molecule has 114 valence electrons. The highest BCUT2D eigenvalue weighted by atomic mass is 16.3. The van der Waals surface area contributed by atoms with Crippen molar-refractivity contribution >= 4 is 11.5 Å². The monoisotopic (exact) mass is 302 g/mol. The van der Waals surface area contributed by atoms with Gasteiger partial charge in [0.15, 0.2) is 0 Å². The molecule has 0 unspecified atom stereocenters. The van der Waals surface area contributed by atoms with Crippen molar-refractivity contribution in [1.82, 2.24) is 4.98 Å². The zero-order valence-electron chi connectivity index (χ0n) is 12.8. The lowest BCUT2D eigenvalue weighted by Gasteiger charge is -2.19. The first-order valence-electron chi connectivity index (χ1n) is 7.87. The van der Waals surface area contributed by atoms with Crippen molar-refractivity contribution in [3.8, 4) is 0 Å². The van der Waals surface area contributed by atoms with Gasteiger partial charge >= 0.3 is 0 Å². The Balaban J connectivity index is 1.60. The molecule has 4 rings (SSSR count). The normalized spacial score (nSPS) is 14.6. The van der Waals surface area contributed by atoms with Crippen LogP contribution in [0.2, 0.25) is 0 Å². The summed E-state index contributed by atoms with van der Waals surface area (Å²) in [5.41, 5.74) is 4.29. The van der Waals surface area contributed by atoms with Crippen LogP contribution in [0.5, 0.6) is 0 Å². The predicted octanol–water partition coefficient (Wildman–Crippen LogP) is 3.86. The van der Waals surface area contributed by atoms with Crippen molar-refractivity contribution < 1.29 is 5.11 Å². The maximum absolute atomic E-state index is 10.5. The average Bonchev–Trinajstić information content (AvgIpc) is 3.06. The van der Waals surface area contributed by atoms with E-state index in [2.05, 4.69) is 34.1 Å². The molecule has 0 spiro atoms. The number of benzene rings is 2. The first-order valence-corrected chi connectivity index (χ1v) is 7.87. The van der Waals surface area contributed by atoms with Gasteiger partial charge in [-0.25, -0.2) is 4.98 Å². The fraction of sp³-hybridized carbons (Fsp3) is 0.150. The summed E-state index contributed by atoms with van der Waals surface area (Å²) < 4.78 is 0. The first-order chi connectivity index (χ1) is 11.3. The Morgan fingerprint density at radius 3 is 2.43 bits per heavy atom. The summed E-state index contributed by atoms with van der Waals surface area (Å²) in [6.07, 6.45) is 2.18. The van der Waals surface area contributed by atoms with Crippen LogP contribution in [-0.4, -0.2) is 16.6 Å². The summed E-state index contributed by atoms with van der Waals surface area (Å²) >= 11 is 0. The number of anilines is 2. The number of fused-ring (bicyclic) bond motifs is 1. The van der Waals surface area contributed by atoms with Gasteiger partial charge in [0, 0.05) is 24.0 Å². The van der Waals surface area contributed by atoms with E-state index in [1.54, 1.807) is 6.20 Å². The molecule has 23 heavy (non-hydrogen) atoms. The van der Waals surface area contributed by atoms with Gasteiger partial charge in [0.2, 0.25) is 0 Å². The molecular weight excluding hydrogens is 284 g/mol. The Morgan fingerprint density at radius 1 is 0.870 bits per heavy atom. The number of hydrogen-bond donors (Lipinski definition) is 1. The highest BCUT2D eigenvalue weighted by molar-refractivity contribution is 5.67. The Bertz CT molecular complexity index is 799. The zero-order valence-corrected chi connectivity index (χ0v) is 12.8. The minimum atomic E-state index is -0.636. The molecule has 0 aliphatic carbocycles. The minimum absolute atomic E-state index is 0.636. The Labute approximate surface area is 135 Å². The smallest absolute Gasteiger partial charge is 0.132 e. The first kappa shape index (κ1) is 14.0. The molecule has 0 saturated heterocycles. The summed E-state index contributed by atoms with van der Waals surface area (Å²) in [5.74, 6) is 0.930. The van der Waals surface area contributed by atoms with Gasteiger partial charge in [-0.1, -0.05) is 54.6 Å². The molecule has 1 N–H and O–H groups in total. The number of aliphatic hydroxyl groups is 1. The maximum Gasteiger partial charge on any atom is 0.132 e. The molecule has 3 aromatic rings. The van der Waals surface area contributed by atoms with Gasteiger partial charge in [0.1, 0.15) is 11.9 Å². The molecule has 1 aliphatic heterocycles. The number of pyridine rings is 1. The van der Waals surface area contributed by atoms with E-state index in [1.165, 1.54) is 11.3 Å². The lowest BCUT2D eigenvalue weighted by Crippen LogP contribution is -2.15. The third-order valence-electron chi connectivity index (χ3n) is 4.37. The standard InChI is InChI=1S/C20H18N2O/c23-20(16-7-2-1-3-8-16)17-10-11-19(21-14-17)22-13-12-15-6-4-5-9-18(15)22/h1-11,14,20,23H,12-13H2/t20-/m1/s1. The molecule has 3 nitrogen and oxygen atoms in total. The van der Waals surface area contributed by atoms with E-state index in [0.29, 0.717) is 0 Å². The van der Waals surface area contributed by atoms with Crippen LogP contribution in [0.4, 0.5) is 11.5 Å². The van der Waals surface area contributed by atoms with Crippen molar-refractivity contribution in [3.63, 3.8) is 0 Å². The SMILES string of the molecule is O[C@H](c1ccccc1)c1ccc(N2CCc3ccccc32)nc1. The third kappa shape index (κ3) is 2.60. The van der Waals surface area contributed by atoms with E-state index in [9.17, 15) is 5.11 Å². The van der Waals surface area contributed by atoms with E-state index in [1.807, 2.05) is 42.5 Å². The van der Waals surface area contributed by atoms with Crippen LogP contribution in [0.3, 0.4) is 0 Å². The summed E-state index contributed by atoms with van der Waals surface area (Å²) in [4.78, 5) is 6.80. The van der Waals surface area contributed by atoms with Gasteiger partial charge in [-0.15, -0.1) is 0 Å². The van der Waals surface area contributed by atoms with Crippen molar-refractivity contribution in [1.29, 1.82) is 0 Å². The van der Waals surface area contributed by atoms with Crippen molar-refractivity contribution in [2.24, 2.45) is 0 Å². The zero-order chi connectivity index (χ0) is 15.6. The topological polar surface area (TPSA) is 36.4 Å². The van der Waals surface area contributed by atoms with E-state index < -0.39 is 6.10 Å². The molecule has 0 radical (unpaired) electrons. The van der Waals surface area contributed by atoms with Crippen molar-refractivity contribution in [2.75, 3.05) is 11.4 Å². The quantitative estimate of drug-likeness (QED) is 0.798. The molecule has 0 saturated carbocycles. The molecule has 0 amide bonds. The van der Waals surface area contributed by atoms with Crippen LogP contribution in [-0.2, 0) is 6.42 Å². The highest BCUT2D eigenvalue weighted by Crippen LogP contribution is 2.33. The Morgan fingerprint density at radius 2 is 1.65 bits per heavy atom. The molecule has 1 atom stereocenters.